The number of amides is 1. The first kappa shape index (κ1) is 14.1. The number of carbonyl (C=O) groups is 1. The lowest BCUT2D eigenvalue weighted by Crippen LogP contribution is -2.30. The van der Waals surface area contributed by atoms with Crippen molar-refractivity contribution in [3.63, 3.8) is 0 Å². The van der Waals surface area contributed by atoms with Gasteiger partial charge in [-0.1, -0.05) is 30.9 Å². The molecule has 4 nitrogen and oxygen atoms in total. The third-order valence-corrected chi connectivity index (χ3v) is 3.78. The first-order chi connectivity index (χ1) is 9.20. The Morgan fingerprint density at radius 1 is 1.47 bits per heavy atom. The molecule has 1 aromatic rings. The Labute approximate surface area is 118 Å². The van der Waals surface area contributed by atoms with Crippen molar-refractivity contribution in [3.05, 3.63) is 23.0 Å². The first-order valence-corrected chi connectivity index (χ1v) is 7.06. The van der Waals surface area contributed by atoms with Gasteiger partial charge in [0, 0.05) is 18.8 Å². The largest absolute Gasteiger partial charge is 0.496 e. The normalized spacial score (nSPS) is 16.1. The third-order valence-electron chi connectivity index (χ3n) is 3.57. The second-order valence-electron chi connectivity index (χ2n) is 4.92. The first-order valence-electron chi connectivity index (χ1n) is 6.68. The SMILES string of the molecule is COc1cc(Cl)ncc1C(=O)NCC1CCCCC1. The van der Waals surface area contributed by atoms with Gasteiger partial charge in [0.25, 0.3) is 5.91 Å². The van der Waals surface area contributed by atoms with E-state index in [2.05, 4.69) is 10.3 Å². The van der Waals surface area contributed by atoms with Crippen LogP contribution >= 0.6 is 11.6 Å². The van der Waals surface area contributed by atoms with Crippen molar-refractivity contribution in [1.29, 1.82) is 0 Å². The molecule has 5 heteroatoms. The van der Waals surface area contributed by atoms with Gasteiger partial charge in [-0.05, 0) is 18.8 Å². The Morgan fingerprint density at radius 2 is 2.21 bits per heavy atom. The molecular weight excluding hydrogens is 264 g/mol. The summed E-state index contributed by atoms with van der Waals surface area (Å²) >= 11 is 5.78. The molecule has 1 aliphatic rings. The van der Waals surface area contributed by atoms with E-state index < -0.39 is 0 Å². The summed E-state index contributed by atoms with van der Waals surface area (Å²) in [6.07, 6.45) is 7.72. The minimum absolute atomic E-state index is 0.147. The number of carbonyl (C=O) groups excluding carboxylic acids is 1. The van der Waals surface area contributed by atoms with Crippen molar-refractivity contribution in [2.24, 2.45) is 5.92 Å². The van der Waals surface area contributed by atoms with E-state index in [-0.39, 0.29) is 5.91 Å². The zero-order valence-corrected chi connectivity index (χ0v) is 11.9. The molecule has 1 aliphatic carbocycles. The van der Waals surface area contributed by atoms with E-state index in [0.717, 1.165) is 6.54 Å². The smallest absolute Gasteiger partial charge is 0.256 e. The van der Waals surface area contributed by atoms with Crippen molar-refractivity contribution in [2.45, 2.75) is 32.1 Å². The number of pyridine rings is 1. The second-order valence-corrected chi connectivity index (χ2v) is 5.31. The van der Waals surface area contributed by atoms with Gasteiger partial charge < -0.3 is 10.1 Å². The van der Waals surface area contributed by atoms with Gasteiger partial charge in [0.15, 0.2) is 0 Å². The highest BCUT2D eigenvalue weighted by Crippen LogP contribution is 2.24. The minimum atomic E-state index is -0.147. The molecule has 104 valence electrons. The Kier molecular flexibility index (Phi) is 5.02. The number of aromatic nitrogens is 1. The molecule has 1 N–H and O–H groups in total. The minimum Gasteiger partial charge on any atom is -0.496 e. The lowest BCUT2D eigenvalue weighted by atomic mass is 9.89. The number of nitrogens with one attached hydrogen (secondary N) is 1. The molecule has 0 bridgehead atoms. The monoisotopic (exact) mass is 282 g/mol. The number of halogens is 1. The summed E-state index contributed by atoms with van der Waals surface area (Å²) < 4.78 is 5.15. The highest BCUT2D eigenvalue weighted by molar-refractivity contribution is 6.29. The second kappa shape index (κ2) is 6.75. The standard InChI is InChI=1S/C14H19ClN2O2/c1-19-12-7-13(15)16-9-11(12)14(18)17-8-10-5-3-2-4-6-10/h7,9-10H,2-6,8H2,1H3,(H,17,18). The molecule has 1 heterocycles. The van der Waals surface area contributed by atoms with Crippen LogP contribution in [0.5, 0.6) is 5.75 Å². The van der Waals surface area contributed by atoms with Gasteiger partial charge in [-0.15, -0.1) is 0 Å². The van der Waals surface area contributed by atoms with Gasteiger partial charge in [0.05, 0.1) is 12.7 Å². The molecule has 2 rings (SSSR count). The predicted molar refractivity (Wildman–Crippen MR) is 74.7 cm³/mol. The van der Waals surface area contributed by atoms with E-state index in [1.807, 2.05) is 0 Å². The number of hydrogen-bond donors (Lipinski definition) is 1. The maximum Gasteiger partial charge on any atom is 0.256 e. The maximum atomic E-state index is 12.1. The Bertz CT molecular complexity index is 445. The van der Waals surface area contributed by atoms with Crippen LogP contribution in [0.1, 0.15) is 42.5 Å². The Morgan fingerprint density at radius 3 is 2.89 bits per heavy atom. The van der Waals surface area contributed by atoms with Crippen molar-refractivity contribution < 1.29 is 9.53 Å². The Balaban J connectivity index is 1.95. The molecule has 0 saturated heterocycles. The molecular formula is C14H19ClN2O2. The van der Waals surface area contributed by atoms with Crippen molar-refractivity contribution in [3.8, 4) is 5.75 Å². The van der Waals surface area contributed by atoms with E-state index in [0.29, 0.717) is 22.4 Å². The highest BCUT2D eigenvalue weighted by Gasteiger charge is 2.17. The summed E-state index contributed by atoms with van der Waals surface area (Å²) in [5, 5.41) is 3.28. The van der Waals surface area contributed by atoms with Crippen molar-refractivity contribution in [1.82, 2.24) is 10.3 Å². The van der Waals surface area contributed by atoms with Gasteiger partial charge in [0.2, 0.25) is 0 Å². The van der Waals surface area contributed by atoms with Crippen LogP contribution in [0.2, 0.25) is 5.15 Å². The topological polar surface area (TPSA) is 51.2 Å². The average molecular weight is 283 g/mol. The third kappa shape index (κ3) is 3.83. The molecule has 0 aromatic carbocycles. The predicted octanol–water partition coefficient (Wildman–Crippen LogP) is 3.05. The van der Waals surface area contributed by atoms with Crippen molar-refractivity contribution >= 4 is 17.5 Å². The fourth-order valence-electron chi connectivity index (χ4n) is 2.48. The molecule has 0 unspecified atom stereocenters. The van der Waals surface area contributed by atoms with Crippen LogP contribution in [-0.4, -0.2) is 24.5 Å². The van der Waals surface area contributed by atoms with Crippen LogP contribution < -0.4 is 10.1 Å². The van der Waals surface area contributed by atoms with E-state index >= 15 is 0 Å². The molecule has 1 fully saturated rings. The summed E-state index contributed by atoms with van der Waals surface area (Å²) in [6.45, 7) is 0.727. The van der Waals surface area contributed by atoms with E-state index in [1.54, 1.807) is 6.07 Å². The average Bonchev–Trinajstić information content (AvgIpc) is 2.45. The number of methoxy groups -OCH3 is 1. The van der Waals surface area contributed by atoms with Crippen LogP contribution in [0.3, 0.4) is 0 Å². The van der Waals surface area contributed by atoms with Crippen LogP contribution in [0.15, 0.2) is 12.3 Å². The maximum absolute atomic E-state index is 12.1. The van der Waals surface area contributed by atoms with E-state index in [9.17, 15) is 4.79 Å². The molecule has 1 saturated carbocycles. The highest BCUT2D eigenvalue weighted by atomic mass is 35.5. The molecule has 0 spiro atoms. The summed E-state index contributed by atoms with van der Waals surface area (Å²) in [6, 6.07) is 1.55. The summed E-state index contributed by atoms with van der Waals surface area (Å²) in [5.41, 5.74) is 0.433. The number of nitrogens with zero attached hydrogens (tertiary/aromatic N) is 1. The molecule has 0 radical (unpaired) electrons. The van der Waals surface area contributed by atoms with Crippen molar-refractivity contribution in [2.75, 3.05) is 13.7 Å². The van der Waals surface area contributed by atoms with Gasteiger partial charge in [-0.3, -0.25) is 4.79 Å². The van der Waals surface area contributed by atoms with Gasteiger partial charge in [-0.25, -0.2) is 4.98 Å². The fourth-order valence-corrected chi connectivity index (χ4v) is 2.62. The summed E-state index contributed by atoms with van der Waals surface area (Å²) in [4.78, 5) is 16.0. The zero-order valence-electron chi connectivity index (χ0n) is 11.1. The Hall–Kier alpha value is -1.29. The van der Waals surface area contributed by atoms with E-state index in [4.69, 9.17) is 16.3 Å². The molecule has 0 aliphatic heterocycles. The lowest BCUT2D eigenvalue weighted by Gasteiger charge is -2.21. The molecule has 0 atom stereocenters. The van der Waals surface area contributed by atoms with Crippen LogP contribution in [0, 0.1) is 5.92 Å². The van der Waals surface area contributed by atoms with Gasteiger partial charge >= 0.3 is 0 Å². The van der Waals surface area contributed by atoms with E-state index in [1.165, 1.54) is 45.4 Å². The van der Waals surface area contributed by atoms with Gasteiger partial charge in [-0.2, -0.15) is 0 Å². The summed E-state index contributed by atoms with van der Waals surface area (Å²) in [7, 11) is 1.52. The van der Waals surface area contributed by atoms with Gasteiger partial charge in [0.1, 0.15) is 10.9 Å². The molecule has 1 amide bonds. The lowest BCUT2D eigenvalue weighted by molar-refractivity contribution is 0.0940. The number of hydrogen-bond acceptors (Lipinski definition) is 3. The van der Waals surface area contributed by atoms with Crippen LogP contribution in [0.4, 0.5) is 0 Å². The number of ether oxygens (including phenoxy) is 1. The van der Waals surface area contributed by atoms with Crippen LogP contribution in [-0.2, 0) is 0 Å². The molecule has 1 aromatic heterocycles. The van der Waals surface area contributed by atoms with Crippen LogP contribution in [0.25, 0.3) is 0 Å². The number of rotatable bonds is 4. The molecule has 19 heavy (non-hydrogen) atoms. The zero-order chi connectivity index (χ0) is 13.7. The summed E-state index contributed by atoms with van der Waals surface area (Å²) in [5.74, 6) is 0.914. The quantitative estimate of drug-likeness (QED) is 0.864. The fraction of sp³-hybridized carbons (Fsp3) is 0.571.